The van der Waals surface area contributed by atoms with Gasteiger partial charge in [0.2, 0.25) is 11.8 Å². The van der Waals surface area contributed by atoms with Crippen LogP contribution in [0.15, 0.2) is 18.3 Å². The Hall–Kier alpha value is -1.95. The van der Waals surface area contributed by atoms with Gasteiger partial charge in [-0.25, -0.2) is 4.98 Å². The highest BCUT2D eigenvalue weighted by Gasteiger charge is 2.17. The lowest BCUT2D eigenvalue weighted by molar-refractivity contribution is -0.125. The lowest BCUT2D eigenvalue weighted by atomic mass is 10.1. The Bertz CT molecular complexity index is 460. The van der Waals surface area contributed by atoms with Gasteiger partial charge < -0.3 is 16.4 Å². The van der Waals surface area contributed by atoms with Gasteiger partial charge >= 0.3 is 0 Å². The number of pyridine rings is 1. The molecule has 0 aliphatic rings. The highest BCUT2D eigenvalue weighted by Crippen LogP contribution is 2.08. The van der Waals surface area contributed by atoms with E-state index in [-0.39, 0.29) is 24.3 Å². The number of aryl methyl sites for hydroxylation is 1. The molecule has 1 aromatic rings. The number of nitrogens with zero attached hydrogens (tertiary/aromatic N) is 1. The summed E-state index contributed by atoms with van der Waals surface area (Å²) in [5.41, 5.74) is 6.53. The predicted molar refractivity (Wildman–Crippen MR) is 73.4 cm³/mol. The topological polar surface area (TPSA) is 97.1 Å². The van der Waals surface area contributed by atoms with Gasteiger partial charge in [-0.1, -0.05) is 19.9 Å². The standard InChI is InChI=1S/C13H20N4O2/c1-8(2)11(14)13(19)16-7-10(18)17-12-9(3)5-4-6-15-12/h4-6,8,11H,7,14H2,1-3H3,(H,16,19)(H,15,17,18)/t11-/m0/s1. The highest BCUT2D eigenvalue weighted by atomic mass is 16.2. The number of aromatic nitrogens is 1. The molecule has 0 saturated carbocycles. The van der Waals surface area contributed by atoms with Crippen LogP contribution in [0.5, 0.6) is 0 Å². The minimum absolute atomic E-state index is 0.0288. The first-order valence-electron chi connectivity index (χ1n) is 6.16. The number of carbonyl (C=O) groups is 2. The maximum Gasteiger partial charge on any atom is 0.244 e. The Morgan fingerprint density at radius 2 is 2.11 bits per heavy atom. The van der Waals surface area contributed by atoms with E-state index in [2.05, 4.69) is 15.6 Å². The third-order valence-corrected chi connectivity index (χ3v) is 2.71. The molecule has 0 saturated heterocycles. The molecule has 0 radical (unpaired) electrons. The van der Waals surface area contributed by atoms with E-state index >= 15 is 0 Å². The van der Waals surface area contributed by atoms with Gasteiger partial charge in [0.05, 0.1) is 12.6 Å². The summed E-state index contributed by atoms with van der Waals surface area (Å²) in [6, 6.07) is 3.02. The van der Waals surface area contributed by atoms with E-state index in [1.54, 1.807) is 12.3 Å². The number of hydrogen-bond donors (Lipinski definition) is 3. The highest BCUT2D eigenvalue weighted by molar-refractivity contribution is 5.95. The fourth-order valence-corrected chi connectivity index (χ4v) is 1.38. The number of anilines is 1. The van der Waals surface area contributed by atoms with Crippen molar-refractivity contribution in [2.24, 2.45) is 11.7 Å². The summed E-state index contributed by atoms with van der Waals surface area (Å²) in [4.78, 5) is 27.3. The van der Waals surface area contributed by atoms with Crippen LogP contribution in [0.1, 0.15) is 19.4 Å². The van der Waals surface area contributed by atoms with Crippen LogP contribution in [-0.2, 0) is 9.59 Å². The van der Waals surface area contributed by atoms with Crippen LogP contribution < -0.4 is 16.4 Å². The molecule has 4 N–H and O–H groups in total. The molecule has 19 heavy (non-hydrogen) atoms. The zero-order valence-corrected chi connectivity index (χ0v) is 11.4. The average molecular weight is 264 g/mol. The smallest absolute Gasteiger partial charge is 0.244 e. The number of amides is 2. The van der Waals surface area contributed by atoms with E-state index in [4.69, 9.17) is 5.73 Å². The van der Waals surface area contributed by atoms with Gasteiger partial charge in [0.25, 0.3) is 0 Å². The molecule has 0 spiro atoms. The SMILES string of the molecule is Cc1cccnc1NC(=O)CNC(=O)[C@@H](N)C(C)C. The van der Waals surface area contributed by atoms with E-state index in [9.17, 15) is 9.59 Å². The molecule has 0 fully saturated rings. The fraction of sp³-hybridized carbons (Fsp3) is 0.462. The van der Waals surface area contributed by atoms with Crippen LogP contribution in [0.25, 0.3) is 0 Å². The van der Waals surface area contributed by atoms with Crippen molar-refractivity contribution in [3.63, 3.8) is 0 Å². The molecular formula is C13H20N4O2. The summed E-state index contributed by atoms with van der Waals surface area (Å²) in [6.07, 6.45) is 1.59. The van der Waals surface area contributed by atoms with Gasteiger partial charge in [0, 0.05) is 6.20 Å². The van der Waals surface area contributed by atoms with Gasteiger partial charge in [0.15, 0.2) is 0 Å². The minimum atomic E-state index is -0.607. The second-order valence-electron chi connectivity index (χ2n) is 4.70. The molecular weight excluding hydrogens is 244 g/mol. The zero-order valence-electron chi connectivity index (χ0n) is 11.4. The third-order valence-electron chi connectivity index (χ3n) is 2.71. The van der Waals surface area contributed by atoms with Gasteiger partial charge in [-0.15, -0.1) is 0 Å². The normalized spacial score (nSPS) is 12.1. The first-order valence-corrected chi connectivity index (χ1v) is 6.16. The third kappa shape index (κ3) is 4.67. The van der Waals surface area contributed by atoms with Crippen molar-refractivity contribution >= 4 is 17.6 Å². The minimum Gasteiger partial charge on any atom is -0.346 e. The van der Waals surface area contributed by atoms with Crippen molar-refractivity contribution in [1.82, 2.24) is 10.3 Å². The van der Waals surface area contributed by atoms with Gasteiger partial charge in [-0.3, -0.25) is 9.59 Å². The average Bonchev–Trinajstić information content (AvgIpc) is 2.37. The van der Waals surface area contributed by atoms with Crippen molar-refractivity contribution in [2.75, 3.05) is 11.9 Å². The van der Waals surface area contributed by atoms with Crippen LogP contribution in [-0.4, -0.2) is 29.4 Å². The second-order valence-corrected chi connectivity index (χ2v) is 4.70. The van der Waals surface area contributed by atoms with Crippen LogP contribution in [0.4, 0.5) is 5.82 Å². The van der Waals surface area contributed by atoms with Crippen molar-refractivity contribution < 1.29 is 9.59 Å². The first kappa shape index (κ1) is 15.1. The monoisotopic (exact) mass is 264 g/mol. The molecule has 0 aromatic carbocycles. The number of rotatable bonds is 5. The van der Waals surface area contributed by atoms with Gasteiger partial charge in [-0.2, -0.15) is 0 Å². The second kappa shape index (κ2) is 6.84. The maximum absolute atomic E-state index is 11.7. The quantitative estimate of drug-likeness (QED) is 0.718. The van der Waals surface area contributed by atoms with Gasteiger partial charge in [-0.05, 0) is 24.5 Å². The number of nitrogens with two attached hydrogens (primary N) is 1. The summed E-state index contributed by atoms with van der Waals surface area (Å²) < 4.78 is 0. The number of carbonyl (C=O) groups excluding carboxylic acids is 2. The molecule has 0 bridgehead atoms. The molecule has 1 heterocycles. The van der Waals surface area contributed by atoms with Crippen LogP contribution in [0.3, 0.4) is 0 Å². The van der Waals surface area contributed by atoms with E-state index in [0.29, 0.717) is 5.82 Å². The Morgan fingerprint density at radius 1 is 1.42 bits per heavy atom. The molecule has 0 unspecified atom stereocenters. The van der Waals surface area contributed by atoms with E-state index in [0.717, 1.165) is 5.56 Å². The van der Waals surface area contributed by atoms with Crippen LogP contribution >= 0.6 is 0 Å². The summed E-state index contributed by atoms with van der Waals surface area (Å²) in [7, 11) is 0. The summed E-state index contributed by atoms with van der Waals surface area (Å²) in [6.45, 7) is 5.42. The van der Waals surface area contributed by atoms with Crippen molar-refractivity contribution in [3.05, 3.63) is 23.9 Å². The van der Waals surface area contributed by atoms with Crippen molar-refractivity contribution in [3.8, 4) is 0 Å². The van der Waals surface area contributed by atoms with Crippen molar-refractivity contribution in [1.29, 1.82) is 0 Å². The molecule has 1 rings (SSSR count). The first-order chi connectivity index (χ1) is 8.91. The number of nitrogens with one attached hydrogen (secondary N) is 2. The van der Waals surface area contributed by atoms with Crippen LogP contribution in [0, 0.1) is 12.8 Å². The predicted octanol–water partition coefficient (Wildman–Crippen LogP) is 0.428. The Labute approximate surface area is 112 Å². The lowest BCUT2D eigenvalue weighted by Gasteiger charge is -2.15. The summed E-state index contributed by atoms with van der Waals surface area (Å²) >= 11 is 0. The maximum atomic E-state index is 11.7. The zero-order chi connectivity index (χ0) is 14.4. The van der Waals surface area contributed by atoms with E-state index in [1.807, 2.05) is 26.8 Å². The fourth-order valence-electron chi connectivity index (χ4n) is 1.38. The molecule has 6 nitrogen and oxygen atoms in total. The Morgan fingerprint density at radius 3 is 2.68 bits per heavy atom. The summed E-state index contributed by atoms with van der Waals surface area (Å²) in [5.74, 6) is -0.134. The van der Waals surface area contributed by atoms with Crippen molar-refractivity contribution in [2.45, 2.75) is 26.8 Å². The van der Waals surface area contributed by atoms with Crippen LogP contribution in [0.2, 0.25) is 0 Å². The molecule has 2 amide bonds. The lowest BCUT2D eigenvalue weighted by Crippen LogP contribution is -2.46. The molecule has 0 aliphatic carbocycles. The largest absolute Gasteiger partial charge is 0.346 e. The van der Waals surface area contributed by atoms with E-state index in [1.165, 1.54) is 0 Å². The Kier molecular flexibility index (Phi) is 5.44. The molecule has 0 aliphatic heterocycles. The molecule has 1 atom stereocenters. The molecule has 104 valence electrons. The Balaban J connectivity index is 2.45. The van der Waals surface area contributed by atoms with E-state index < -0.39 is 6.04 Å². The molecule has 1 aromatic heterocycles. The summed E-state index contributed by atoms with van der Waals surface area (Å²) in [5, 5.41) is 5.13. The number of hydrogen-bond acceptors (Lipinski definition) is 4. The van der Waals surface area contributed by atoms with Gasteiger partial charge in [0.1, 0.15) is 5.82 Å². The molecule has 6 heteroatoms.